The molecule has 3 aromatic carbocycles. The summed E-state index contributed by atoms with van der Waals surface area (Å²) in [7, 11) is 0. The summed E-state index contributed by atoms with van der Waals surface area (Å²) in [6.07, 6.45) is 3.69. The van der Waals surface area contributed by atoms with Gasteiger partial charge in [-0.15, -0.1) is 0 Å². The van der Waals surface area contributed by atoms with Crippen LogP contribution in [0.15, 0.2) is 100 Å². The topological polar surface area (TPSA) is 85.7 Å². The van der Waals surface area contributed by atoms with Gasteiger partial charge in [0.2, 0.25) is 0 Å². The number of likely N-dealkylation sites (tertiary alicyclic amines) is 1. The van der Waals surface area contributed by atoms with E-state index in [1.807, 2.05) is 65.6 Å². The Morgan fingerprint density at radius 3 is 2.16 bits per heavy atom. The maximum atomic E-state index is 13.9. The monoisotopic (exact) mass is 641 g/mol. The molecule has 0 atom stereocenters. The van der Waals surface area contributed by atoms with Crippen LogP contribution in [0.3, 0.4) is 0 Å². The third-order valence-corrected chi connectivity index (χ3v) is 8.68. The molecule has 0 radical (unpaired) electrons. The van der Waals surface area contributed by atoms with Gasteiger partial charge >= 0.3 is 6.03 Å². The highest BCUT2D eigenvalue weighted by molar-refractivity contribution is 9.10. The lowest BCUT2D eigenvalue weighted by molar-refractivity contribution is 0.208. The highest BCUT2D eigenvalue weighted by Crippen LogP contribution is 2.27. The Morgan fingerprint density at radius 2 is 1.49 bits per heavy atom. The Kier molecular flexibility index (Phi) is 9.04. The van der Waals surface area contributed by atoms with Crippen molar-refractivity contribution in [1.29, 1.82) is 0 Å². The molecule has 0 unspecified atom stereocenters. The molecule has 222 valence electrons. The number of halogens is 1. The highest BCUT2D eigenvalue weighted by Gasteiger charge is 2.27. The smallest absolute Gasteiger partial charge is 0.321 e. The molecule has 1 aromatic heterocycles. The minimum Gasteiger partial charge on any atom is -0.376 e. The Morgan fingerprint density at radius 1 is 0.837 bits per heavy atom. The Hall–Kier alpha value is -4.15. The van der Waals surface area contributed by atoms with E-state index < -0.39 is 0 Å². The lowest BCUT2D eigenvalue weighted by atomic mass is 10.0. The molecule has 9 nitrogen and oxygen atoms in total. The second-order valence-electron chi connectivity index (χ2n) is 11.0. The molecule has 0 bridgehead atoms. The van der Waals surface area contributed by atoms with E-state index in [4.69, 9.17) is 0 Å². The second-order valence-corrected chi connectivity index (χ2v) is 12.0. The number of benzene rings is 3. The average Bonchev–Trinajstić information content (AvgIpc) is 3.05. The van der Waals surface area contributed by atoms with Gasteiger partial charge in [-0.05, 0) is 54.8 Å². The third kappa shape index (κ3) is 7.09. The number of hydrogen-bond donors (Lipinski definition) is 2. The van der Waals surface area contributed by atoms with Gasteiger partial charge in [0, 0.05) is 62.0 Å². The van der Waals surface area contributed by atoms with Crippen LogP contribution >= 0.6 is 15.9 Å². The minimum atomic E-state index is -0.161. The molecule has 2 aliphatic rings. The van der Waals surface area contributed by atoms with Gasteiger partial charge in [0.15, 0.2) is 0 Å². The van der Waals surface area contributed by atoms with Crippen LogP contribution in [0.5, 0.6) is 0 Å². The largest absolute Gasteiger partial charge is 0.376 e. The molecule has 2 amide bonds. The number of urea groups is 1. The first-order valence-electron chi connectivity index (χ1n) is 14.8. The van der Waals surface area contributed by atoms with Crippen LogP contribution < -0.4 is 21.1 Å². The molecule has 0 spiro atoms. The van der Waals surface area contributed by atoms with Gasteiger partial charge in [-0.1, -0.05) is 64.5 Å². The minimum absolute atomic E-state index is 0.125. The number of piperidine rings is 1. The Balaban J connectivity index is 1.16. The SMILES string of the molecule is O=C(Nc1ccc(Br)cc1)N1CCN(c2cnn(-c3ccccc3)c(=O)c2NC2CCN(Cc3ccccc3)CC2)CC1. The standard InChI is InChI=1S/C33H36BrN7O2/c34-26-11-13-27(14-12-26)37-33(43)40-21-19-39(20-22-40)30-23-35-41(29-9-5-2-6-10-29)32(42)31(30)36-28-15-17-38(18-16-28)24-25-7-3-1-4-8-25/h1-14,23,28,36H,15-22,24H2,(H,37,43). The third-order valence-electron chi connectivity index (χ3n) is 8.15. The molecular formula is C33H36BrN7O2. The molecular weight excluding hydrogens is 606 g/mol. The van der Waals surface area contributed by atoms with E-state index in [-0.39, 0.29) is 17.6 Å². The Bertz CT molecular complexity index is 1560. The average molecular weight is 643 g/mol. The van der Waals surface area contributed by atoms with Gasteiger partial charge in [-0.3, -0.25) is 9.69 Å². The van der Waals surface area contributed by atoms with E-state index >= 15 is 0 Å². The first kappa shape index (κ1) is 28.9. The van der Waals surface area contributed by atoms with Crippen LogP contribution in [0, 0.1) is 0 Å². The fourth-order valence-corrected chi connectivity index (χ4v) is 6.01. The maximum absolute atomic E-state index is 13.9. The predicted molar refractivity (Wildman–Crippen MR) is 175 cm³/mol. The molecule has 2 aliphatic heterocycles. The number of anilines is 3. The van der Waals surface area contributed by atoms with Crippen molar-refractivity contribution >= 4 is 39.0 Å². The quantitative estimate of drug-likeness (QED) is 0.280. The van der Waals surface area contributed by atoms with Crippen LogP contribution in [0.25, 0.3) is 5.69 Å². The maximum Gasteiger partial charge on any atom is 0.321 e. The van der Waals surface area contributed by atoms with Crippen molar-refractivity contribution in [2.24, 2.45) is 0 Å². The number of amides is 2. The van der Waals surface area contributed by atoms with Crippen LogP contribution in [-0.4, -0.2) is 70.9 Å². The van der Waals surface area contributed by atoms with Gasteiger partial charge in [0.05, 0.1) is 17.6 Å². The molecule has 0 aliphatic carbocycles. The summed E-state index contributed by atoms with van der Waals surface area (Å²) >= 11 is 3.43. The van der Waals surface area contributed by atoms with Gasteiger partial charge in [0.1, 0.15) is 5.69 Å². The van der Waals surface area contributed by atoms with Gasteiger partial charge in [0.25, 0.3) is 5.56 Å². The molecule has 2 N–H and O–H groups in total. The number of aromatic nitrogens is 2. The molecule has 3 heterocycles. The zero-order chi connectivity index (χ0) is 29.6. The van der Waals surface area contributed by atoms with Crippen molar-refractivity contribution < 1.29 is 4.79 Å². The van der Waals surface area contributed by atoms with E-state index in [9.17, 15) is 9.59 Å². The lowest BCUT2D eigenvalue weighted by Crippen LogP contribution is -2.50. The molecule has 6 rings (SSSR count). The van der Waals surface area contributed by atoms with Gasteiger partial charge in [-0.25, -0.2) is 4.79 Å². The van der Waals surface area contributed by atoms with Crippen LogP contribution in [0.2, 0.25) is 0 Å². The van der Waals surface area contributed by atoms with Crippen LogP contribution in [0.4, 0.5) is 21.9 Å². The fourth-order valence-electron chi connectivity index (χ4n) is 5.74. The molecule has 4 aromatic rings. The fraction of sp³-hybridized carbons (Fsp3) is 0.303. The number of carbonyl (C=O) groups is 1. The summed E-state index contributed by atoms with van der Waals surface area (Å²) < 4.78 is 2.43. The number of rotatable bonds is 7. The summed E-state index contributed by atoms with van der Waals surface area (Å²) in [5.74, 6) is 0. The van der Waals surface area contributed by atoms with E-state index in [2.05, 4.69) is 65.7 Å². The lowest BCUT2D eigenvalue weighted by Gasteiger charge is -2.37. The van der Waals surface area contributed by atoms with Crippen LogP contribution in [0.1, 0.15) is 18.4 Å². The van der Waals surface area contributed by atoms with E-state index in [1.54, 1.807) is 6.20 Å². The van der Waals surface area contributed by atoms with Crippen molar-refractivity contribution in [3.63, 3.8) is 0 Å². The normalized spacial score (nSPS) is 16.2. The number of para-hydroxylation sites is 1. The Labute approximate surface area is 260 Å². The molecule has 2 saturated heterocycles. The number of carbonyl (C=O) groups excluding carboxylic acids is 1. The van der Waals surface area contributed by atoms with Crippen molar-refractivity contribution in [1.82, 2.24) is 19.6 Å². The zero-order valence-electron chi connectivity index (χ0n) is 24.0. The highest BCUT2D eigenvalue weighted by atomic mass is 79.9. The first-order chi connectivity index (χ1) is 21.0. The number of hydrogen-bond acceptors (Lipinski definition) is 6. The van der Waals surface area contributed by atoms with E-state index in [0.29, 0.717) is 31.9 Å². The number of nitrogens with one attached hydrogen (secondary N) is 2. The van der Waals surface area contributed by atoms with E-state index in [0.717, 1.165) is 54.0 Å². The van der Waals surface area contributed by atoms with Gasteiger partial charge in [-0.2, -0.15) is 9.78 Å². The predicted octanol–water partition coefficient (Wildman–Crippen LogP) is 5.43. The van der Waals surface area contributed by atoms with Gasteiger partial charge < -0.3 is 20.4 Å². The summed E-state index contributed by atoms with van der Waals surface area (Å²) in [6.45, 7) is 5.16. The zero-order valence-corrected chi connectivity index (χ0v) is 25.6. The second kappa shape index (κ2) is 13.4. The van der Waals surface area contributed by atoms with Crippen molar-refractivity contribution in [3.8, 4) is 5.69 Å². The summed E-state index contributed by atoms with van der Waals surface area (Å²) in [5, 5.41) is 11.2. The first-order valence-corrected chi connectivity index (χ1v) is 15.6. The molecule has 2 fully saturated rings. The van der Waals surface area contributed by atoms with Crippen molar-refractivity contribution in [2.45, 2.75) is 25.4 Å². The summed E-state index contributed by atoms with van der Waals surface area (Å²) in [4.78, 5) is 33.3. The van der Waals surface area contributed by atoms with Crippen molar-refractivity contribution in [3.05, 3.63) is 112 Å². The van der Waals surface area contributed by atoms with E-state index in [1.165, 1.54) is 10.2 Å². The number of nitrogens with zero attached hydrogens (tertiary/aromatic N) is 5. The van der Waals surface area contributed by atoms with Crippen molar-refractivity contribution in [2.75, 3.05) is 54.8 Å². The van der Waals surface area contributed by atoms with Crippen LogP contribution in [-0.2, 0) is 6.54 Å². The molecule has 10 heteroatoms. The molecule has 43 heavy (non-hydrogen) atoms. The summed E-state index contributed by atoms with van der Waals surface area (Å²) in [5.41, 5.74) is 4.01. The summed E-state index contributed by atoms with van der Waals surface area (Å²) in [6, 6.07) is 27.7. The number of piperazine rings is 1. The molecule has 0 saturated carbocycles.